The Morgan fingerprint density at radius 2 is 2.30 bits per heavy atom. The van der Waals surface area contributed by atoms with Crippen LogP contribution < -0.4 is 10.6 Å². The predicted octanol–water partition coefficient (Wildman–Crippen LogP) is 3.64. The molecule has 0 aliphatic carbocycles. The number of nitrogens with one attached hydrogen (secondary N) is 2. The van der Waals surface area contributed by atoms with Crippen molar-refractivity contribution in [1.29, 1.82) is 0 Å². The van der Waals surface area contributed by atoms with Crippen LogP contribution in [0.3, 0.4) is 0 Å². The summed E-state index contributed by atoms with van der Waals surface area (Å²) in [6.45, 7) is 4.92. The first-order valence-corrected chi connectivity index (χ1v) is 7.61. The van der Waals surface area contributed by atoms with Gasteiger partial charge in [-0.15, -0.1) is 12.4 Å². The van der Waals surface area contributed by atoms with Crippen LogP contribution in [0, 0.1) is 5.41 Å². The molecule has 1 atom stereocenters. The van der Waals surface area contributed by atoms with E-state index in [0.29, 0.717) is 17.1 Å². The maximum absolute atomic E-state index is 12.2. The molecule has 1 fully saturated rings. The van der Waals surface area contributed by atoms with Crippen LogP contribution in [-0.2, 0) is 0 Å². The zero-order chi connectivity index (χ0) is 13.9. The summed E-state index contributed by atoms with van der Waals surface area (Å²) in [4.78, 5) is 12.2. The number of halogens is 3. The SMILES string of the molecule is CC1(CNC(=O)c2ccc(Cl)cc2Br)CCCNC1.Cl. The van der Waals surface area contributed by atoms with Gasteiger partial charge in [-0.2, -0.15) is 0 Å². The van der Waals surface area contributed by atoms with E-state index >= 15 is 0 Å². The molecule has 112 valence electrons. The molecule has 2 N–H and O–H groups in total. The minimum absolute atomic E-state index is 0. The Labute approximate surface area is 139 Å². The van der Waals surface area contributed by atoms with Gasteiger partial charge >= 0.3 is 0 Å². The van der Waals surface area contributed by atoms with E-state index in [0.717, 1.165) is 30.4 Å². The summed E-state index contributed by atoms with van der Waals surface area (Å²) in [5.41, 5.74) is 0.768. The molecular weight excluding hydrogens is 363 g/mol. The molecule has 1 heterocycles. The van der Waals surface area contributed by atoms with Crippen LogP contribution in [0.25, 0.3) is 0 Å². The van der Waals surface area contributed by atoms with Crippen molar-refractivity contribution in [2.45, 2.75) is 19.8 Å². The molecule has 1 amide bonds. The number of carbonyl (C=O) groups excluding carboxylic acids is 1. The molecule has 1 unspecified atom stereocenters. The highest BCUT2D eigenvalue weighted by atomic mass is 79.9. The molecule has 0 radical (unpaired) electrons. The van der Waals surface area contributed by atoms with E-state index in [-0.39, 0.29) is 23.7 Å². The summed E-state index contributed by atoms with van der Waals surface area (Å²) in [5.74, 6) is -0.0599. The highest BCUT2D eigenvalue weighted by molar-refractivity contribution is 9.10. The second-order valence-electron chi connectivity index (χ2n) is 5.40. The van der Waals surface area contributed by atoms with Crippen molar-refractivity contribution >= 4 is 45.8 Å². The van der Waals surface area contributed by atoms with Gasteiger partial charge in [0.15, 0.2) is 0 Å². The molecule has 20 heavy (non-hydrogen) atoms. The van der Waals surface area contributed by atoms with E-state index in [1.165, 1.54) is 0 Å². The number of amides is 1. The molecular formula is C14H19BrCl2N2O. The summed E-state index contributed by atoms with van der Waals surface area (Å²) >= 11 is 9.24. The molecule has 1 aliphatic rings. The standard InChI is InChI=1S/C14H18BrClN2O.ClH/c1-14(5-2-6-17-8-14)9-18-13(19)11-4-3-10(16)7-12(11)15;/h3-4,7,17H,2,5-6,8-9H2,1H3,(H,18,19);1H. The van der Waals surface area contributed by atoms with Gasteiger partial charge in [-0.1, -0.05) is 18.5 Å². The monoisotopic (exact) mass is 380 g/mol. The number of hydrogen-bond acceptors (Lipinski definition) is 2. The topological polar surface area (TPSA) is 41.1 Å². The molecule has 0 bridgehead atoms. The molecule has 1 saturated heterocycles. The number of rotatable bonds is 3. The fourth-order valence-corrected chi connectivity index (χ4v) is 3.19. The molecule has 1 aromatic carbocycles. The first-order valence-electron chi connectivity index (χ1n) is 6.44. The Hall–Kier alpha value is -0.290. The highest BCUT2D eigenvalue weighted by Gasteiger charge is 2.27. The zero-order valence-corrected chi connectivity index (χ0v) is 14.5. The van der Waals surface area contributed by atoms with E-state index in [1.807, 2.05) is 0 Å². The zero-order valence-electron chi connectivity index (χ0n) is 11.3. The summed E-state index contributed by atoms with van der Waals surface area (Å²) in [6.07, 6.45) is 2.30. The second-order valence-corrected chi connectivity index (χ2v) is 6.69. The Morgan fingerprint density at radius 3 is 2.90 bits per heavy atom. The van der Waals surface area contributed by atoms with Gasteiger partial charge in [-0.25, -0.2) is 0 Å². The second kappa shape index (κ2) is 7.64. The molecule has 6 heteroatoms. The summed E-state index contributed by atoms with van der Waals surface area (Å²) in [5, 5.41) is 7.01. The third-order valence-electron chi connectivity index (χ3n) is 3.54. The maximum Gasteiger partial charge on any atom is 0.252 e. The summed E-state index contributed by atoms with van der Waals surface area (Å²) in [6, 6.07) is 5.20. The lowest BCUT2D eigenvalue weighted by atomic mass is 9.83. The summed E-state index contributed by atoms with van der Waals surface area (Å²) in [7, 11) is 0. The Bertz CT molecular complexity index is 476. The first kappa shape index (κ1) is 17.8. The first-order chi connectivity index (χ1) is 9.00. The van der Waals surface area contributed by atoms with E-state index in [2.05, 4.69) is 33.5 Å². The van der Waals surface area contributed by atoms with Crippen LogP contribution in [0.4, 0.5) is 0 Å². The number of carbonyl (C=O) groups is 1. The Morgan fingerprint density at radius 1 is 1.55 bits per heavy atom. The van der Waals surface area contributed by atoms with Crippen molar-refractivity contribution in [2.75, 3.05) is 19.6 Å². The van der Waals surface area contributed by atoms with Crippen LogP contribution in [0.15, 0.2) is 22.7 Å². The quantitative estimate of drug-likeness (QED) is 0.838. The van der Waals surface area contributed by atoms with Crippen molar-refractivity contribution in [2.24, 2.45) is 5.41 Å². The van der Waals surface area contributed by atoms with Crippen LogP contribution >= 0.6 is 39.9 Å². The lowest BCUT2D eigenvalue weighted by molar-refractivity contribution is 0.0924. The van der Waals surface area contributed by atoms with Crippen LogP contribution in [0.2, 0.25) is 5.02 Å². The fraction of sp³-hybridized carbons (Fsp3) is 0.500. The average molecular weight is 382 g/mol. The largest absolute Gasteiger partial charge is 0.351 e. The summed E-state index contributed by atoms with van der Waals surface area (Å²) < 4.78 is 0.726. The lowest BCUT2D eigenvalue weighted by Crippen LogP contribution is -2.45. The van der Waals surface area contributed by atoms with Crippen molar-refractivity contribution < 1.29 is 4.79 Å². The van der Waals surface area contributed by atoms with Crippen LogP contribution in [0.5, 0.6) is 0 Å². The van der Waals surface area contributed by atoms with Gasteiger partial charge in [0, 0.05) is 22.6 Å². The maximum atomic E-state index is 12.2. The van der Waals surface area contributed by atoms with Crippen LogP contribution in [-0.4, -0.2) is 25.5 Å². The van der Waals surface area contributed by atoms with Crippen molar-refractivity contribution in [3.63, 3.8) is 0 Å². The van der Waals surface area contributed by atoms with E-state index < -0.39 is 0 Å². The fourth-order valence-electron chi connectivity index (χ4n) is 2.33. The van der Waals surface area contributed by atoms with Crippen molar-refractivity contribution in [1.82, 2.24) is 10.6 Å². The van der Waals surface area contributed by atoms with Gasteiger partial charge in [-0.05, 0) is 58.9 Å². The van der Waals surface area contributed by atoms with Crippen LogP contribution in [0.1, 0.15) is 30.1 Å². The molecule has 2 rings (SSSR count). The third kappa shape index (κ3) is 4.62. The van der Waals surface area contributed by atoms with Crippen molar-refractivity contribution in [3.05, 3.63) is 33.3 Å². The minimum atomic E-state index is -0.0599. The number of hydrogen-bond donors (Lipinski definition) is 2. The van der Waals surface area contributed by atoms with Gasteiger partial charge in [-0.3, -0.25) is 4.79 Å². The normalized spacial score (nSPS) is 21.9. The predicted molar refractivity (Wildman–Crippen MR) is 88.9 cm³/mol. The molecule has 3 nitrogen and oxygen atoms in total. The number of piperidine rings is 1. The molecule has 0 aromatic heterocycles. The van der Waals surface area contributed by atoms with Gasteiger partial charge in [0.05, 0.1) is 5.56 Å². The molecule has 1 aromatic rings. The van der Waals surface area contributed by atoms with Gasteiger partial charge in [0.2, 0.25) is 0 Å². The molecule has 0 saturated carbocycles. The lowest BCUT2D eigenvalue weighted by Gasteiger charge is -2.34. The number of benzene rings is 1. The van der Waals surface area contributed by atoms with Crippen molar-refractivity contribution in [3.8, 4) is 0 Å². The molecule has 1 aliphatic heterocycles. The highest BCUT2D eigenvalue weighted by Crippen LogP contribution is 2.25. The van der Waals surface area contributed by atoms with E-state index in [4.69, 9.17) is 11.6 Å². The van der Waals surface area contributed by atoms with E-state index in [9.17, 15) is 4.79 Å². The third-order valence-corrected chi connectivity index (χ3v) is 4.43. The Balaban J connectivity index is 0.00000200. The van der Waals surface area contributed by atoms with E-state index in [1.54, 1.807) is 18.2 Å². The smallest absolute Gasteiger partial charge is 0.252 e. The minimum Gasteiger partial charge on any atom is -0.351 e. The van der Waals surface area contributed by atoms with Gasteiger partial charge < -0.3 is 10.6 Å². The average Bonchev–Trinajstić information content (AvgIpc) is 2.37. The molecule has 0 spiro atoms. The van der Waals surface area contributed by atoms with Gasteiger partial charge in [0.25, 0.3) is 5.91 Å². The Kier molecular flexibility index (Phi) is 6.79. The van der Waals surface area contributed by atoms with Gasteiger partial charge in [0.1, 0.15) is 0 Å².